The van der Waals surface area contributed by atoms with E-state index < -0.39 is 0 Å². The molecular formula is C14H28. The van der Waals surface area contributed by atoms with E-state index in [2.05, 4.69) is 33.6 Å². The van der Waals surface area contributed by atoms with Gasteiger partial charge in [-0.25, -0.2) is 0 Å². The standard InChI is InChI=1S/C6H12.2C4H8/c1-4-5-6(2)3;2*1-4(2)3/h4,6H,1,5H2,2-3H3;2*1H2,2-3H3. The maximum atomic E-state index is 3.60. The van der Waals surface area contributed by atoms with Crippen molar-refractivity contribution in [3.63, 3.8) is 0 Å². The molecule has 0 aromatic heterocycles. The first kappa shape index (κ1) is 18.9. The Labute approximate surface area is 91.4 Å². The van der Waals surface area contributed by atoms with Gasteiger partial charge in [-0.3, -0.25) is 0 Å². The van der Waals surface area contributed by atoms with E-state index in [-0.39, 0.29) is 0 Å². The molecule has 0 aliphatic carbocycles. The first-order valence-electron chi connectivity index (χ1n) is 5.09. The van der Waals surface area contributed by atoms with Crippen LogP contribution in [0.15, 0.2) is 37.0 Å². The summed E-state index contributed by atoms with van der Waals surface area (Å²) >= 11 is 0. The molecule has 0 radical (unpaired) electrons. The predicted molar refractivity (Wildman–Crippen MR) is 70.6 cm³/mol. The second-order valence-corrected chi connectivity index (χ2v) is 4.33. The van der Waals surface area contributed by atoms with Gasteiger partial charge in [0.1, 0.15) is 0 Å². The maximum Gasteiger partial charge on any atom is -0.0330 e. The van der Waals surface area contributed by atoms with Gasteiger partial charge < -0.3 is 0 Å². The van der Waals surface area contributed by atoms with Gasteiger partial charge in [0.25, 0.3) is 0 Å². The van der Waals surface area contributed by atoms with Crippen LogP contribution in [0.4, 0.5) is 0 Å². The average Bonchev–Trinajstić information content (AvgIpc) is 1.82. The number of rotatable bonds is 2. The molecule has 0 spiro atoms. The summed E-state index contributed by atoms with van der Waals surface area (Å²) in [6, 6.07) is 0. The summed E-state index contributed by atoms with van der Waals surface area (Å²) in [5, 5.41) is 0. The quantitative estimate of drug-likeness (QED) is 0.520. The fraction of sp³-hybridized carbons (Fsp3) is 0.571. The zero-order valence-electron chi connectivity index (χ0n) is 11.0. The Morgan fingerprint density at radius 2 is 1.21 bits per heavy atom. The van der Waals surface area contributed by atoms with Gasteiger partial charge >= 0.3 is 0 Å². The van der Waals surface area contributed by atoms with Crippen LogP contribution in [0.5, 0.6) is 0 Å². The lowest BCUT2D eigenvalue weighted by Crippen LogP contribution is -1.78. The van der Waals surface area contributed by atoms with Crippen LogP contribution in [0.2, 0.25) is 0 Å². The van der Waals surface area contributed by atoms with Crippen LogP contribution in [-0.2, 0) is 0 Å². The summed E-state index contributed by atoms with van der Waals surface area (Å²) in [6.07, 6.45) is 3.09. The van der Waals surface area contributed by atoms with E-state index >= 15 is 0 Å². The normalized spacial score (nSPS) is 7.64. The fourth-order valence-electron chi connectivity index (χ4n) is 0.333. The van der Waals surface area contributed by atoms with Crippen LogP contribution in [0.25, 0.3) is 0 Å². The predicted octanol–water partition coefficient (Wildman–Crippen LogP) is 5.38. The zero-order valence-corrected chi connectivity index (χ0v) is 11.0. The highest BCUT2D eigenvalue weighted by atomic mass is 13.9. The minimum Gasteiger partial charge on any atom is -0.103 e. The van der Waals surface area contributed by atoms with Crippen molar-refractivity contribution < 1.29 is 0 Å². The van der Waals surface area contributed by atoms with E-state index in [1.807, 2.05) is 33.8 Å². The molecule has 0 aliphatic rings. The second-order valence-electron chi connectivity index (χ2n) is 4.33. The number of hydrogen-bond acceptors (Lipinski definition) is 0. The smallest absolute Gasteiger partial charge is 0.0330 e. The maximum absolute atomic E-state index is 3.60. The SMILES string of the molecule is C=C(C)C.C=C(C)C.C=CCC(C)C. The fourth-order valence-corrected chi connectivity index (χ4v) is 0.333. The topological polar surface area (TPSA) is 0 Å². The van der Waals surface area contributed by atoms with Crippen LogP contribution in [-0.4, -0.2) is 0 Å². The van der Waals surface area contributed by atoms with Gasteiger partial charge in [0.15, 0.2) is 0 Å². The highest BCUT2D eigenvalue weighted by molar-refractivity contribution is 4.79. The third-order valence-electron chi connectivity index (χ3n) is 0.638. The lowest BCUT2D eigenvalue weighted by atomic mass is 10.1. The monoisotopic (exact) mass is 196 g/mol. The molecule has 0 saturated carbocycles. The van der Waals surface area contributed by atoms with Crippen molar-refractivity contribution in [3.8, 4) is 0 Å². The summed E-state index contributed by atoms with van der Waals surface area (Å²) < 4.78 is 0. The van der Waals surface area contributed by atoms with Crippen LogP contribution >= 0.6 is 0 Å². The van der Waals surface area contributed by atoms with Crippen molar-refractivity contribution in [1.82, 2.24) is 0 Å². The third kappa shape index (κ3) is 238. The Balaban J connectivity index is -0.000000135. The van der Waals surface area contributed by atoms with Gasteiger partial charge in [-0.2, -0.15) is 0 Å². The van der Waals surface area contributed by atoms with Crippen LogP contribution < -0.4 is 0 Å². The summed E-state index contributed by atoms with van der Waals surface area (Å²) in [5.74, 6) is 0.780. The molecule has 0 rings (SSSR count). The molecule has 0 N–H and O–H groups in total. The van der Waals surface area contributed by atoms with Crippen LogP contribution in [0.1, 0.15) is 48.0 Å². The van der Waals surface area contributed by atoms with E-state index in [0.29, 0.717) is 0 Å². The lowest BCUT2D eigenvalue weighted by molar-refractivity contribution is 0.664. The summed E-state index contributed by atoms with van der Waals surface area (Å²) in [7, 11) is 0. The van der Waals surface area contributed by atoms with Crippen molar-refractivity contribution in [2.24, 2.45) is 5.92 Å². The van der Waals surface area contributed by atoms with Gasteiger partial charge in [-0.05, 0) is 40.0 Å². The molecule has 0 heteroatoms. The number of hydrogen-bond donors (Lipinski definition) is 0. The molecule has 0 nitrogen and oxygen atoms in total. The van der Waals surface area contributed by atoms with Crippen molar-refractivity contribution in [2.45, 2.75) is 48.0 Å². The van der Waals surface area contributed by atoms with Crippen molar-refractivity contribution in [2.75, 3.05) is 0 Å². The minimum atomic E-state index is 0.780. The third-order valence-corrected chi connectivity index (χ3v) is 0.638. The highest BCUT2D eigenvalue weighted by Gasteiger charge is 1.82. The van der Waals surface area contributed by atoms with E-state index in [9.17, 15) is 0 Å². The first-order valence-corrected chi connectivity index (χ1v) is 5.09. The molecule has 0 amide bonds. The zero-order chi connectivity index (χ0) is 12.1. The molecule has 0 aromatic carbocycles. The molecule has 0 aromatic rings. The number of allylic oxidation sites excluding steroid dienone is 3. The Hall–Kier alpha value is -0.780. The summed E-state index contributed by atoms with van der Waals surface area (Å²) in [4.78, 5) is 0. The van der Waals surface area contributed by atoms with Gasteiger partial charge in [0.05, 0.1) is 0 Å². The molecule has 0 bridgehead atoms. The van der Waals surface area contributed by atoms with Gasteiger partial charge in [-0.1, -0.05) is 31.1 Å². The molecule has 0 aliphatic heterocycles. The Morgan fingerprint density at radius 1 is 1.00 bits per heavy atom. The Bertz CT molecular complexity index is 129. The molecule has 84 valence electrons. The van der Waals surface area contributed by atoms with E-state index in [1.165, 1.54) is 11.1 Å². The average molecular weight is 196 g/mol. The first-order chi connectivity index (χ1) is 6.23. The highest BCUT2D eigenvalue weighted by Crippen LogP contribution is 1.96. The lowest BCUT2D eigenvalue weighted by Gasteiger charge is -1.92. The van der Waals surface area contributed by atoms with E-state index in [1.54, 1.807) is 0 Å². The molecule has 0 atom stereocenters. The summed E-state index contributed by atoms with van der Waals surface area (Å²) in [6.45, 7) is 23.0. The Morgan fingerprint density at radius 3 is 1.21 bits per heavy atom. The summed E-state index contributed by atoms with van der Waals surface area (Å²) in [5.41, 5.74) is 2.33. The van der Waals surface area contributed by atoms with Gasteiger partial charge in [-0.15, -0.1) is 19.7 Å². The van der Waals surface area contributed by atoms with E-state index in [0.717, 1.165) is 12.3 Å². The molecule has 0 fully saturated rings. The van der Waals surface area contributed by atoms with Crippen LogP contribution in [0, 0.1) is 5.92 Å². The Kier molecular flexibility index (Phi) is 19.9. The minimum absolute atomic E-state index is 0.780. The van der Waals surface area contributed by atoms with Crippen molar-refractivity contribution in [1.29, 1.82) is 0 Å². The molecular weight excluding hydrogens is 168 g/mol. The van der Waals surface area contributed by atoms with Gasteiger partial charge in [0, 0.05) is 0 Å². The van der Waals surface area contributed by atoms with E-state index in [4.69, 9.17) is 0 Å². The van der Waals surface area contributed by atoms with Crippen LogP contribution in [0.3, 0.4) is 0 Å². The second kappa shape index (κ2) is 14.7. The largest absolute Gasteiger partial charge is 0.103 e. The molecule has 14 heavy (non-hydrogen) atoms. The van der Waals surface area contributed by atoms with Gasteiger partial charge in [0.2, 0.25) is 0 Å². The molecule has 0 unspecified atom stereocenters. The molecule has 0 saturated heterocycles. The van der Waals surface area contributed by atoms with Crippen molar-refractivity contribution in [3.05, 3.63) is 37.0 Å². The molecule has 0 heterocycles. The van der Waals surface area contributed by atoms with Crippen molar-refractivity contribution >= 4 is 0 Å².